The lowest BCUT2D eigenvalue weighted by Gasteiger charge is -2.15. The van der Waals surface area contributed by atoms with Crippen molar-refractivity contribution in [2.24, 2.45) is 5.92 Å². The molecule has 1 aromatic rings. The van der Waals surface area contributed by atoms with Crippen molar-refractivity contribution in [3.8, 4) is 0 Å². The number of carbonyl (C=O) groups is 1. The van der Waals surface area contributed by atoms with Crippen LogP contribution in [0.3, 0.4) is 0 Å². The summed E-state index contributed by atoms with van der Waals surface area (Å²) in [6.45, 7) is 2.78. The summed E-state index contributed by atoms with van der Waals surface area (Å²) in [7, 11) is 0. The molecule has 0 saturated carbocycles. The predicted molar refractivity (Wildman–Crippen MR) is 75.0 cm³/mol. The molecule has 19 heavy (non-hydrogen) atoms. The van der Waals surface area contributed by atoms with E-state index >= 15 is 0 Å². The van der Waals surface area contributed by atoms with Crippen LogP contribution < -0.4 is 10.6 Å². The zero-order valence-corrected chi connectivity index (χ0v) is 11.9. The van der Waals surface area contributed by atoms with E-state index in [0.717, 1.165) is 13.0 Å². The average molecular weight is 328 g/mol. The van der Waals surface area contributed by atoms with E-state index in [0.29, 0.717) is 4.47 Å². The molecule has 6 nitrogen and oxygen atoms in total. The minimum absolute atomic E-state index is 0.117. The van der Waals surface area contributed by atoms with Crippen molar-refractivity contribution in [2.75, 3.05) is 11.9 Å². The number of anilines is 1. The summed E-state index contributed by atoms with van der Waals surface area (Å²) in [6, 6.07) is 4.28. The number of hydrogen-bond acceptors (Lipinski definition) is 4. The molecule has 0 aromatic heterocycles. The van der Waals surface area contributed by atoms with Crippen LogP contribution in [0.15, 0.2) is 22.7 Å². The minimum Gasteiger partial charge on any atom is -0.319 e. The minimum atomic E-state index is -0.508. The lowest BCUT2D eigenvalue weighted by molar-refractivity contribution is -0.384. The van der Waals surface area contributed by atoms with Crippen LogP contribution in [-0.2, 0) is 4.79 Å². The molecule has 0 spiro atoms. The number of carbonyl (C=O) groups excluding carboxylic acids is 1. The van der Waals surface area contributed by atoms with Crippen molar-refractivity contribution in [1.29, 1.82) is 0 Å². The molecule has 1 aromatic carbocycles. The Balaban J connectivity index is 2.19. The molecule has 2 N–H and O–H groups in total. The molecule has 2 atom stereocenters. The molecule has 1 aliphatic heterocycles. The second kappa shape index (κ2) is 5.66. The molecular weight excluding hydrogens is 314 g/mol. The number of amides is 1. The fourth-order valence-electron chi connectivity index (χ4n) is 2.16. The maximum absolute atomic E-state index is 12.1. The van der Waals surface area contributed by atoms with Gasteiger partial charge in [-0.2, -0.15) is 0 Å². The summed E-state index contributed by atoms with van der Waals surface area (Å²) in [5.41, 5.74) is 0.104. The van der Waals surface area contributed by atoms with Crippen molar-refractivity contribution in [1.82, 2.24) is 5.32 Å². The van der Waals surface area contributed by atoms with Gasteiger partial charge in [0.25, 0.3) is 5.69 Å². The van der Waals surface area contributed by atoms with Gasteiger partial charge in [0.15, 0.2) is 0 Å². The summed E-state index contributed by atoms with van der Waals surface area (Å²) >= 11 is 3.18. The summed E-state index contributed by atoms with van der Waals surface area (Å²) in [4.78, 5) is 22.5. The maximum Gasteiger partial charge on any atom is 0.293 e. The van der Waals surface area contributed by atoms with Gasteiger partial charge in [0.2, 0.25) is 5.91 Å². The lowest BCUT2D eigenvalue weighted by Crippen LogP contribution is -2.39. The van der Waals surface area contributed by atoms with Crippen LogP contribution >= 0.6 is 15.9 Å². The Morgan fingerprint density at radius 3 is 2.89 bits per heavy atom. The first-order valence-electron chi connectivity index (χ1n) is 5.97. The first kappa shape index (κ1) is 14.0. The highest BCUT2D eigenvalue weighted by Gasteiger charge is 2.30. The Kier molecular flexibility index (Phi) is 4.16. The smallest absolute Gasteiger partial charge is 0.293 e. The fraction of sp³-hybridized carbons (Fsp3) is 0.417. The van der Waals surface area contributed by atoms with Crippen LogP contribution in [0.2, 0.25) is 0 Å². The number of nitrogens with one attached hydrogen (secondary N) is 2. The number of hydrogen-bond donors (Lipinski definition) is 2. The Morgan fingerprint density at radius 1 is 1.58 bits per heavy atom. The number of rotatable bonds is 3. The van der Waals surface area contributed by atoms with Gasteiger partial charge in [0, 0.05) is 10.5 Å². The van der Waals surface area contributed by atoms with E-state index in [2.05, 4.69) is 26.6 Å². The Morgan fingerprint density at radius 2 is 2.32 bits per heavy atom. The molecule has 0 radical (unpaired) electrons. The van der Waals surface area contributed by atoms with Gasteiger partial charge in [0.05, 0.1) is 11.0 Å². The average Bonchev–Trinajstić information content (AvgIpc) is 2.77. The van der Waals surface area contributed by atoms with Gasteiger partial charge in [-0.05, 0) is 31.0 Å². The van der Waals surface area contributed by atoms with E-state index < -0.39 is 4.92 Å². The van der Waals surface area contributed by atoms with E-state index in [4.69, 9.17) is 0 Å². The first-order chi connectivity index (χ1) is 8.99. The normalized spacial score (nSPS) is 22.2. The van der Waals surface area contributed by atoms with Crippen molar-refractivity contribution in [3.05, 3.63) is 32.8 Å². The highest BCUT2D eigenvalue weighted by Crippen LogP contribution is 2.28. The van der Waals surface area contributed by atoms with Crippen LogP contribution in [0.5, 0.6) is 0 Å². The SMILES string of the molecule is CC1CCNC1C(=O)Nc1ccc(Br)cc1[N+](=O)[O-]. The van der Waals surface area contributed by atoms with Gasteiger partial charge < -0.3 is 10.6 Å². The van der Waals surface area contributed by atoms with E-state index in [1.807, 2.05) is 6.92 Å². The van der Waals surface area contributed by atoms with Crippen LogP contribution in [0.4, 0.5) is 11.4 Å². The Labute approximate surface area is 118 Å². The summed E-state index contributed by atoms with van der Waals surface area (Å²) in [5, 5.41) is 16.7. The summed E-state index contributed by atoms with van der Waals surface area (Å²) in [5.74, 6) is 0.00456. The molecule has 1 aliphatic rings. The summed E-state index contributed by atoms with van der Waals surface area (Å²) in [6.07, 6.45) is 0.931. The molecule has 2 rings (SSSR count). The number of halogens is 1. The fourth-order valence-corrected chi connectivity index (χ4v) is 2.51. The van der Waals surface area contributed by atoms with Gasteiger partial charge in [-0.3, -0.25) is 14.9 Å². The van der Waals surface area contributed by atoms with Gasteiger partial charge >= 0.3 is 0 Å². The van der Waals surface area contributed by atoms with Crippen LogP contribution in [0.1, 0.15) is 13.3 Å². The Hall–Kier alpha value is -1.47. The van der Waals surface area contributed by atoms with Crippen LogP contribution in [0, 0.1) is 16.0 Å². The number of nitrogens with zero attached hydrogens (tertiary/aromatic N) is 1. The van der Waals surface area contributed by atoms with E-state index in [1.54, 1.807) is 6.07 Å². The molecule has 1 saturated heterocycles. The third-order valence-electron chi connectivity index (χ3n) is 3.23. The van der Waals surface area contributed by atoms with Gasteiger partial charge in [-0.25, -0.2) is 0 Å². The highest BCUT2D eigenvalue weighted by molar-refractivity contribution is 9.10. The molecule has 1 heterocycles. The van der Waals surface area contributed by atoms with Gasteiger partial charge in [-0.15, -0.1) is 0 Å². The van der Waals surface area contributed by atoms with Gasteiger partial charge in [0.1, 0.15) is 5.69 Å². The first-order valence-corrected chi connectivity index (χ1v) is 6.76. The standard InChI is InChI=1S/C12H14BrN3O3/c1-7-4-5-14-11(7)12(17)15-9-3-2-8(13)6-10(9)16(18)19/h2-3,6-7,11,14H,4-5H2,1H3,(H,15,17). The second-order valence-electron chi connectivity index (χ2n) is 4.61. The molecule has 0 aliphatic carbocycles. The van der Waals surface area contributed by atoms with Crippen molar-refractivity contribution < 1.29 is 9.72 Å². The zero-order valence-electron chi connectivity index (χ0n) is 10.4. The quantitative estimate of drug-likeness (QED) is 0.659. The zero-order chi connectivity index (χ0) is 14.0. The van der Waals surface area contributed by atoms with E-state index in [1.165, 1.54) is 12.1 Å². The molecular formula is C12H14BrN3O3. The number of nitro groups is 1. The molecule has 7 heteroatoms. The molecule has 0 bridgehead atoms. The molecule has 1 amide bonds. The van der Waals surface area contributed by atoms with Crippen LogP contribution in [0.25, 0.3) is 0 Å². The largest absolute Gasteiger partial charge is 0.319 e. The Bertz CT molecular complexity index is 521. The second-order valence-corrected chi connectivity index (χ2v) is 5.52. The molecule has 2 unspecified atom stereocenters. The summed E-state index contributed by atoms with van der Waals surface area (Å²) < 4.78 is 0.601. The lowest BCUT2D eigenvalue weighted by atomic mass is 10.0. The van der Waals surface area contributed by atoms with Crippen molar-refractivity contribution >= 4 is 33.2 Å². The molecule has 1 fully saturated rings. The van der Waals surface area contributed by atoms with E-state index in [9.17, 15) is 14.9 Å². The van der Waals surface area contributed by atoms with Crippen molar-refractivity contribution in [3.63, 3.8) is 0 Å². The topological polar surface area (TPSA) is 84.3 Å². The van der Waals surface area contributed by atoms with Gasteiger partial charge in [-0.1, -0.05) is 22.9 Å². The third-order valence-corrected chi connectivity index (χ3v) is 3.72. The van der Waals surface area contributed by atoms with Crippen molar-refractivity contribution in [2.45, 2.75) is 19.4 Å². The van der Waals surface area contributed by atoms with Crippen LogP contribution in [-0.4, -0.2) is 23.4 Å². The van der Waals surface area contributed by atoms with E-state index in [-0.39, 0.29) is 29.2 Å². The predicted octanol–water partition coefficient (Wildman–Crippen LogP) is 2.29. The monoisotopic (exact) mass is 327 g/mol. The molecule has 102 valence electrons. The highest BCUT2D eigenvalue weighted by atomic mass is 79.9. The third kappa shape index (κ3) is 3.10. The number of benzene rings is 1. The number of nitro benzene ring substituents is 1. The maximum atomic E-state index is 12.1.